The van der Waals surface area contributed by atoms with Crippen LogP contribution >= 0.6 is 0 Å². The number of imide groups is 2. The maximum absolute atomic E-state index is 14.1. The number of nitrogens with one attached hydrogen (secondary N) is 2. The van der Waals surface area contributed by atoms with E-state index in [1.165, 1.54) is 11.3 Å². The fourth-order valence-corrected chi connectivity index (χ4v) is 12.7. The highest BCUT2D eigenvalue weighted by molar-refractivity contribution is 6.23. The fraction of sp³-hybridized carbons (Fsp3) is 0.500. The van der Waals surface area contributed by atoms with Gasteiger partial charge in [-0.25, -0.2) is 9.97 Å². The van der Waals surface area contributed by atoms with Gasteiger partial charge in [0.05, 0.1) is 46.6 Å². The molecule has 9 heterocycles. The summed E-state index contributed by atoms with van der Waals surface area (Å²) in [5, 5.41) is 5.60. The van der Waals surface area contributed by atoms with Crippen LogP contribution < -0.4 is 31.1 Å². The first kappa shape index (κ1) is 45.6. The van der Waals surface area contributed by atoms with Crippen LogP contribution in [0.1, 0.15) is 119 Å². The number of carbonyl (C=O) groups is 6. The Labute approximate surface area is 407 Å². The third-order valence-electron chi connectivity index (χ3n) is 16.2. The molecule has 6 aliphatic heterocycles. The lowest BCUT2D eigenvalue weighted by molar-refractivity contribution is -0.136. The minimum atomic E-state index is -0.988. The van der Waals surface area contributed by atoms with Crippen LogP contribution in [0.15, 0.2) is 54.9 Å². The quantitative estimate of drug-likeness (QED) is 0.200. The molecule has 0 radical (unpaired) electrons. The molecule has 3 aromatic heterocycles. The maximum atomic E-state index is 14.1. The summed E-state index contributed by atoms with van der Waals surface area (Å²) in [6.07, 6.45) is 9.54. The molecule has 1 unspecified atom stereocenters. The third kappa shape index (κ3) is 8.02. The molecule has 0 bridgehead atoms. The van der Waals surface area contributed by atoms with E-state index in [1.807, 2.05) is 24.4 Å². The number of aromatic nitrogens is 3. The number of primary amides is 1. The summed E-state index contributed by atoms with van der Waals surface area (Å²) in [4.78, 5) is 99.7. The lowest BCUT2D eigenvalue weighted by atomic mass is 9.90. The second-order valence-corrected chi connectivity index (χ2v) is 21.2. The summed E-state index contributed by atoms with van der Waals surface area (Å²) >= 11 is 0. The van der Waals surface area contributed by atoms with Crippen LogP contribution in [-0.2, 0) is 29.0 Å². The first-order valence-corrected chi connectivity index (χ1v) is 25.1. The van der Waals surface area contributed by atoms with Gasteiger partial charge in [0, 0.05) is 88.3 Å². The van der Waals surface area contributed by atoms with Crippen molar-refractivity contribution in [2.24, 2.45) is 11.1 Å². The van der Waals surface area contributed by atoms with E-state index in [0.29, 0.717) is 29.7 Å². The van der Waals surface area contributed by atoms with Gasteiger partial charge in [-0.2, -0.15) is 0 Å². The van der Waals surface area contributed by atoms with Gasteiger partial charge in [-0.1, -0.05) is 13.8 Å². The first-order valence-electron chi connectivity index (χ1n) is 25.1. The van der Waals surface area contributed by atoms with Gasteiger partial charge in [0.2, 0.25) is 11.8 Å². The molecule has 18 heteroatoms. The number of amides is 6. The third-order valence-corrected chi connectivity index (χ3v) is 16.2. The molecule has 0 saturated carbocycles. The number of fused-ring (bicyclic) bond motifs is 4. The molecule has 0 spiro atoms. The predicted octanol–water partition coefficient (Wildman–Crippen LogP) is 4.34. The average molecular weight is 951 g/mol. The number of rotatable bonds is 9. The number of hydrogen-bond donors (Lipinski definition) is 3. The van der Waals surface area contributed by atoms with Crippen molar-refractivity contribution in [1.82, 2.24) is 34.6 Å². The highest BCUT2D eigenvalue weighted by Crippen LogP contribution is 2.41. The summed E-state index contributed by atoms with van der Waals surface area (Å²) in [7, 11) is 0. The molecule has 18 nitrogen and oxygen atoms in total. The van der Waals surface area contributed by atoms with E-state index in [0.717, 1.165) is 112 Å². The number of carbonyl (C=O) groups excluding carboxylic acids is 6. The number of nitrogens with zero attached hydrogens (tertiary/aromatic N) is 9. The zero-order chi connectivity index (χ0) is 48.7. The van der Waals surface area contributed by atoms with Crippen LogP contribution in [0.5, 0.6) is 0 Å². The number of nitrogens with two attached hydrogens (primary N) is 1. The maximum Gasteiger partial charge on any atom is 0.270 e. The number of hydrogen-bond acceptors (Lipinski definition) is 13. The Morgan fingerprint density at radius 2 is 1.51 bits per heavy atom. The van der Waals surface area contributed by atoms with Crippen molar-refractivity contribution in [1.29, 1.82) is 0 Å². The van der Waals surface area contributed by atoms with Crippen molar-refractivity contribution in [3.63, 3.8) is 0 Å². The predicted molar refractivity (Wildman–Crippen MR) is 263 cm³/mol. The van der Waals surface area contributed by atoms with Crippen molar-refractivity contribution >= 4 is 64.0 Å². The lowest BCUT2D eigenvalue weighted by Crippen LogP contribution is -2.58. The van der Waals surface area contributed by atoms with Crippen LogP contribution in [0.4, 0.5) is 28.6 Å². The zero-order valence-electron chi connectivity index (χ0n) is 40.4. The molecule has 11 rings (SSSR count). The van der Waals surface area contributed by atoms with Gasteiger partial charge in [-0.05, 0) is 112 Å². The molecule has 1 aromatic carbocycles. The number of piperazine rings is 1. The van der Waals surface area contributed by atoms with E-state index in [9.17, 15) is 28.8 Å². The summed E-state index contributed by atoms with van der Waals surface area (Å²) in [5.41, 5.74) is 13.5. The van der Waals surface area contributed by atoms with E-state index in [2.05, 4.69) is 84.5 Å². The van der Waals surface area contributed by atoms with Crippen molar-refractivity contribution in [3.8, 4) is 0 Å². The lowest BCUT2D eigenvalue weighted by Gasteiger charge is -2.47. The van der Waals surface area contributed by atoms with Gasteiger partial charge in [0.15, 0.2) is 5.69 Å². The normalized spacial score (nSPS) is 25.0. The molecule has 4 aromatic rings. The molecular formula is C52H62N12O6. The van der Waals surface area contributed by atoms with Gasteiger partial charge in [0.1, 0.15) is 17.6 Å². The van der Waals surface area contributed by atoms with E-state index < -0.39 is 35.6 Å². The SMILES string of the molecule is C[C@@H]1[C@H](N2CCn3c(cc4c3CC(C)(C)C4)C2=O)CCCN1c1cnc(C(N)=O)c(Nc2ccc(N3CCN(C4CCN(c5ccc6c(c5)C(=O)N(C5CCC(=O)NC5=O)C6=O)CC4)C[C@@H]3C)cn2)c1. The second-order valence-electron chi connectivity index (χ2n) is 21.2. The van der Waals surface area contributed by atoms with Crippen LogP contribution in [0.3, 0.4) is 0 Å². The van der Waals surface area contributed by atoms with E-state index >= 15 is 0 Å². The number of piperidine rings is 3. The molecule has 70 heavy (non-hydrogen) atoms. The summed E-state index contributed by atoms with van der Waals surface area (Å²) in [5.74, 6) is -1.96. The number of pyridine rings is 2. The highest BCUT2D eigenvalue weighted by Gasteiger charge is 2.46. The Morgan fingerprint density at radius 3 is 2.26 bits per heavy atom. The van der Waals surface area contributed by atoms with Crippen LogP contribution in [0.2, 0.25) is 0 Å². The van der Waals surface area contributed by atoms with Crippen molar-refractivity contribution in [2.45, 2.75) is 116 Å². The molecule has 4 atom stereocenters. The monoisotopic (exact) mass is 950 g/mol. The molecule has 1 aliphatic carbocycles. The summed E-state index contributed by atoms with van der Waals surface area (Å²) in [6, 6.07) is 13.1. The Balaban J connectivity index is 0.699. The van der Waals surface area contributed by atoms with Crippen molar-refractivity contribution in [2.75, 3.05) is 65.8 Å². The Kier molecular flexibility index (Phi) is 11.4. The van der Waals surface area contributed by atoms with Crippen LogP contribution in [0.25, 0.3) is 0 Å². The molecule has 7 aliphatic rings. The van der Waals surface area contributed by atoms with Gasteiger partial charge in [-0.3, -0.25) is 43.9 Å². The molecule has 6 amide bonds. The topological polar surface area (TPSA) is 203 Å². The molecule has 366 valence electrons. The molecule has 4 saturated heterocycles. The van der Waals surface area contributed by atoms with Gasteiger partial charge in [0.25, 0.3) is 23.6 Å². The van der Waals surface area contributed by atoms with Crippen molar-refractivity contribution < 1.29 is 28.8 Å². The minimum absolute atomic E-state index is 0.0206. The van der Waals surface area contributed by atoms with Crippen LogP contribution in [0, 0.1) is 5.41 Å². The number of anilines is 5. The largest absolute Gasteiger partial charge is 0.371 e. The zero-order valence-corrected chi connectivity index (χ0v) is 40.4. The standard InChI is InChI=1S/C52H62N12O6/c1-30-29-59(33-13-16-58(17-14-33)34-7-9-37-38(23-34)50(69)64(49(37)68)41-10-12-45(65)57-48(41)67)18-19-60(30)35-8-11-44(54-27-35)56-39-24-36(28-55-46(39)47(53)66)61-15-5-6-40(31(61)2)63-21-20-62-42(51(63)70)22-32-25-52(3,4)26-43(32)62/h7-9,11,22-24,27-28,30-31,33,40-41H,5-6,10,12-21,25-26,29H2,1-4H3,(H2,53,66)(H,54,56)(H,57,65,67)/t30-,31+,40+,41?/m0/s1. The first-order chi connectivity index (χ1) is 33.6. The average Bonchev–Trinajstić information content (AvgIpc) is 3.93. The second kappa shape index (κ2) is 17.5. The van der Waals surface area contributed by atoms with Gasteiger partial charge in [-0.15, -0.1) is 0 Å². The molecule has 4 N–H and O–H groups in total. The van der Waals surface area contributed by atoms with E-state index in [4.69, 9.17) is 10.7 Å². The molecular weight excluding hydrogens is 889 g/mol. The van der Waals surface area contributed by atoms with Gasteiger partial charge >= 0.3 is 0 Å². The number of benzene rings is 1. The van der Waals surface area contributed by atoms with E-state index in [1.54, 1.807) is 18.3 Å². The Bertz CT molecular complexity index is 2820. The smallest absolute Gasteiger partial charge is 0.270 e. The Hall–Kier alpha value is -6.82. The Morgan fingerprint density at radius 1 is 0.757 bits per heavy atom. The fourth-order valence-electron chi connectivity index (χ4n) is 12.7. The summed E-state index contributed by atoms with van der Waals surface area (Å²) < 4.78 is 2.27. The molecule has 4 fully saturated rings. The van der Waals surface area contributed by atoms with Crippen LogP contribution in [-0.4, -0.2) is 141 Å². The van der Waals surface area contributed by atoms with Gasteiger partial charge < -0.3 is 35.2 Å². The highest BCUT2D eigenvalue weighted by atomic mass is 16.2. The minimum Gasteiger partial charge on any atom is -0.371 e. The summed E-state index contributed by atoms with van der Waals surface area (Å²) in [6.45, 7) is 15.6. The van der Waals surface area contributed by atoms with E-state index in [-0.39, 0.29) is 53.5 Å². The van der Waals surface area contributed by atoms with Crippen molar-refractivity contribution in [3.05, 3.63) is 88.6 Å².